The van der Waals surface area contributed by atoms with Gasteiger partial charge in [0.05, 0.1) is 5.56 Å². The average Bonchev–Trinajstić information content (AvgIpc) is 2.55. The minimum Gasteiger partial charge on any atom is -0.484 e. The third kappa shape index (κ3) is 4.57. The van der Waals surface area contributed by atoms with Crippen LogP contribution in [-0.2, 0) is 11.2 Å². The Morgan fingerprint density at radius 2 is 1.83 bits per heavy atom. The topological polar surface area (TPSA) is 75.6 Å². The Morgan fingerprint density at radius 1 is 1.13 bits per heavy atom. The van der Waals surface area contributed by atoms with Gasteiger partial charge in [-0.1, -0.05) is 19.1 Å². The van der Waals surface area contributed by atoms with E-state index in [4.69, 9.17) is 9.84 Å². The molecular formula is C18H19NO4. The van der Waals surface area contributed by atoms with Gasteiger partial charge in [0.15, 0.2) is 6.61 Å². The first-order valence-electron chi connectivity index (χ1n) is 7.35. The lowest BCUT2D eigenvalue weighted by Crippen LogP contribution is -2.20. The Labute approximate surface area is 134 Å². The van der Waals surface area contributed by atoms with Crippen molar-refractivity contribution in [1.29, 1.82) is 0 Å². The van der Waals surface area contributed by atoms with Crippen molar-refractivity contribution in [3.8, 4) is 5.75 Å². The first-order chi connectivity index (χ1) is 11.0. The molecule has 0 saturated carbocycles. The van der Waals surface area contributed by atoms with E-state index in [2.05, 4.69) is 12.2 Å². The maximum atomic E-state index is 11.9. The van der Waals surface area contributed by atoms with Crippen molar-refractivity contribution in [2.24, 2.45) is 0 Å². The highest BCUT2D eigenvalue weighted by Crippen LogP contribution is 2.17. The van der Waals surface area contributed by atoms with E-state index in [0.29, 0.717) is 17.0 Å². The number of carboxylic acid groups (broad SMARTS) is 1. The number of aromatic carboxylic acids is 1. The van der Waals surface area contributed by atoms with Gasteiger partial charge < -0.3 is 15.2 Å². The Kier molecular flexibility index (Phi) is 5.36. The van der Waals surface area contributed by atoms with Crippen molar-refractivity contribution in [3.63, 3.8) is 0 Å². The summed E-state index contributed by atoms with van der Waals surface area (Å²) in [6.45, 7) is 3.71. The molecule has 0 aromatic heterocycles. The van der Waals surface area contributed by atoms with E-state index < -0.39 is 5.97 Å². The summed E-state index contributed by atoms with van der Waals surface area (Å²) in [5.74, 6) is -0.657. The molecule has 0 fully saturated rings. The van der Waals surface area contributed by atoms with Crippen molar-refractivity contribution < 1.29 is 19.4 Å². The monoisotopic (exact) mass is 313 g/mol. The third-order valence-electron chi connectivity index (χ3n) is 3.45. The van der Waals surface area contributed by atoms with Crippen LogP contribution >= 0.6 is 0 Å². The highest BCUT2D eigenvalue weighted by atomic mass is 16.5. The largest absolute Gasteiger partial charge is 0.484 e. The maximum Gasteiger partial charge on any atom is 0.335 e. The molecule has 1 amide bonds. The normalized spacial score (nSPS) is 10.2. The molecule has 23 heavy (non-hydrogen) atoms. The predicted molar refractivity (Wildman–Crippen MR) is 88.1 cm³/mol. The minimum absolute atomic E-state index is 0.106. The van der Waals surface area contributed by atoms with Gasteiger partial charge in [-0.25, -0.2) is 4.79 Å². The van der Waals surface area contributed by atoms with Crippen LogP contribution < -0.4 is 10.1 Å². The van der Waals surface area contributed by atoms with Crippen molar-refractivity contribution in [2.45, 2.75) is 20.3 Å². The number of aryl methyl sites for hydroxylation is 2. The Hall–Kier alpha value is -2.82. The van der Waals surface area contributed by atoms with Crippen LogP contribution in [0.4, 0.5) is 5.69 Å². The van der Waals surface area contributed by atoms with E-state index in [1.54, 1.807) is 13.0 Å². The zero-order valence-electron chi connectivity index (χ0n) is 13.1. The number of hydrogen-bond donors (Lipinski definition) is 2. The fraction of sp³-hybridized carbons (Fsp3) is 0.222. The Morgan fingerprint density at radius 3 is 2.39 bits per heavy atom. The van der Waals surface area contributed by atoms with Gasteiger partial charge in [-0.05, 0) is 54.8 Å². The van der Waals surface area contributed by atoms with Gasteiger partial charge >= 0.3 is 5.97 Å². The predicted octanol–water partition coefficient (Wildman–Crippen LogP) is 3.27. The summed E-state index contributed by atoms with van der Waals surface area (Å²) in [4.78, 5) is 22.8. The molecule has 0 aliphatic rings. The number of ether oxygens (including phenoxy) is 1. The molecule has 0 heterocycles. The van der Waals surface area contributed by atoms with Crippen LogP contribution in [0.1, 0.15) is 28.4 Å². The molecule has 0 aliphatic heterocycles. The summed E-state index contributed by atoms with van der Waals surface area (Å²) in [5.41, 5.74) is 2.65. The lowest BCUT2D eigenvalue weighted by molar-refractivity contribution is -0.118. The van der Waals surface area contributed by atoms with Crippen LogP contribution in [0.25, 0.3) is 0 Å². The van der Waals surface area contributed by atoms with Gasteiger partial charge in [0.25, 0.3) is 5.91 Å². The second-order valence-corrected chi connectivity index (χ2v) is 5.17. The van der Waals surface area contributed by atoms with Gasteiger partial charge in [-0.2, -0.15) is 0 Å². The van der Waals surface area contributed by atoms with Crippen LogP contribution in [0.3, 0.4) is 0 Å². The number of rotatable bonds is 6. The smallest absolute Gasteiger partial charge is 0.335 e. The quantitative estimate of drug-likeness (QED) is 0.858. The summed E-state index contributed by atoms with van der Waals surface area (Å²) < 4.78 is 5.44. The highest BCUT2D eigenvalue weighted by Gasteiger charge is 2.09. The number of anilines is 1. The van der Waals surface area contributed by atoms with Crippen molar-refractivity contribution in [3.05, 3.63) is 59.2 Å². The molecule has 2 rings (SSSR count). The molecule has 0 atom stereocenters. The number of carbonyl (C=O) groups excluding carboxylic acids is 1. The highest BCUT2D eigenvalue weighted by molar-refractivity contribution is 5.94. The summed E-state index contributed by atoms with van der Waals surface area (Å²) in [5, 5.41) is 11.6. The second kappa shape index (κ2) is 7.45. The minimum atomic E-state index is -0.996. The maximum absolute atomic E-state index is 11.9. The van der Waals surface area contributed by atoms with Crippen LogP contribution in [0.2, 0.25) is 0 Å². The molecule has 5 nitrogen and oxygen atoms in total. The molecule has 2 aromatic rings. The molecule has 0 bridgehead atoms. The molecule has 120 valence electrons. The molecule has 0 radical (unpaired) electrons. The standard InChI is InChI=1S/C18H19NO4/c1-3-13-4-7-15(8-5-13)23-11-17(20)19-16-9-6-14(18(21)22)10-12(16)2/h4-10H,3,11H2,1-2H3,(H,19,20)(H,21,22). The van der Waals surface area contributed by atoms with E-state index in [1.807, 2.05) is 24.3 Å². The summed E-state index contributed by atoms with van der Waals surface area (Å²) >= 11 is 0. The molecule has 0 aliphatic carbocycles. The SMILES string of the molecule is CCc1ccc(OCC(=O)Nc2ccc(C(=O)O)cc2C)cc1. The Bertz CT molecular complexity index is 707. The number of hydrogen-bond acceptors (Lipinski definition) is 3. The number of carboxylic acids is 1. The summed E-state index contributed by atoms with van der Waals surface area (Å²) in [7, 11) is 0. The molecule has 2 aromatic carbocycles. The van der Waals surface area contributed by atoms with Gasteiger partial charge in [0.2, 0.25) is 0 Å². The molecule has 2 N–H and O–H groups in total. The lowest BCUT2D eigenvalue weighted by Gasteiger charge is -2.10. The van der Waals surface area contributed by atoms with Gasteiger partial charge in [0.1, 0.15) is 5.75 Å². The van der Waals surface area contributed by atoms with Crippen LogP contribution in [0.15, 0.2) is 42.5 Å². The number of carbonyl (C=O) groups is 2. The molecular weight excluding hydrogens is 294 g/mol. The zero-order valence-corrected chi connectivity index (χ0v) is 13.1. The van der Waals surface area contributed by atoms with E-state index in [1.165, 1.54) is 17.7 Å². The zero-order chi connectivity index (χ0) is 16.8. The lowest BCUT2D eigenvalue weighted by atomic mass is 10.1. The summed E-state index contributed by atoms with van der Waals surface area (Å²) in [6.07, 6.45) is 0.951. The van der Waals surface area contributed by atoms with E-state index in [9.17, 15) is 9.59 Å². The second-order valence-electron chi connectivity index (χ2n) is 5.17. The number of benzene rings is 2. The number of nitrogens with one attached hydrogen (secondary N) is 1. The van der Waals surface area contributed by atoms with E-state index >= 15 is 0 Å². The van der Waals surface area contributed by atoms with Crippen LogP contribution in [0.5, 0.6) is 5.75 Å². The molecule has 5 heteroatoms. The fourth-order valence-corrected chi connectivity index (χ4v) is 2.09. The fourth-order valence-electron chi connectivity index (χ4n) is 2.09. The first kappa shape index (κ1) is 16.5. The van der Waals surface area contributed by atoms with E-state index in [-0.39, 0.29) is 18.1 Å². The first-order valence-corrected chi connectivity index (χ1v) is 7.35. The summed E-state index contributed by atoms with van der Waals surface area (Å²) in [6, 6.07) is 12.1. The van der Waals surface area contributed by atoms with Gasteiger partial charge in [-0.3, -0.25) is 4.79 Å². The van der Waals surface area contributed by atoms with Crippen LogP contribution in [0, 0.1) is 6.92 Å². The van der Waals surface area contributed by atoms with E-state index in [0.717, 1.165) is 6.42 Å². The van der Waals surface area contributed by atoms with Crippen molar-refractivity contribution in [2.75, 3.05) is 11.9 Å². The van der Waals surface area contributed by atoms with Crippen LogP contribution in [-0.4, -0.2) is 23.6 Å². The van der Waals surface area contributed by atoms with Gasteiger partial charge in [0, 0.05) is 5.69 Å². The molecule has 0 saturated heterocycles. The van der Waals surface area contributed by atoms with Gasteiger partial charge in [-0.15, -0.1) is 0 Å². The number of amides is 1. The average molecular weight is 313 g/mol. The third-order valence-corrected chi connectivity index (χ3v) is 3.45. The van der Waals surface area contributed by atoms with Crippen molar-refractivity contribution >= 4 is 17.6 Å². The molecule has 0 spiro atoms. The van der Waals surface area contributed by atoms with Crippen molar-refractivity contribution in [1.82, 2.24) is 0 Å². The molecule has 0 unspecified atom stereocenters. The Balaban J connectivity index is 1.92.